The van der Waals surface area contributed by atoms with E-state index in [1.165, 1.54) is 86.1 Å². The third-order valence-electron chi connectivity index (χ3n) is 20.4. The van der Waals surface area contributed by atoms with Crippen LogP contribution in [0.1, 0.15) is 0 Å². The van der Waals surface area contributed by atoms with Crippen molar-refractivity contribution in [1.29, 1.82) is 0 Å². The minimum absolute atomic E-state index is 0.854. The van der Waals surface area contributed by atoms with Gasteiger partial charge in [0, 0.05) is 106 Å². The molecule has 0 bridgehead atoms. The number of aromatic nitrogens is 2. The first kappa shape index (κ1) is 47.2. The lowest BCUT2D eigenvalue weighted by atomic mass is 9.96. The van der Waals surface area contributed by atoms with E-state index in [1.54, 1.807) is 0 Å². The Bertz CT molecular complexity index is 7030. The molecule has 418 valence electrons. The van der Waals surface area contributed by atoms with E-state index < -0.39 is 0 Å². The van der Waals surface area contributed by atoms with Crippen LogP contribution in [-0.2, 0) is 0 Å². The Balaban J connectivity index is 0.700. The molecule has 0 aliphatic carbocycles. The van der Waals surface area contributed by atoms with E-state index in [1.807, 2.05) is 11.3 Å². The largest absolute Gasteiger partial charge is 0.454 e. The zero-order chi connectivity index (χ0) is 58.6. The van der Waals surface area contributed by atoms with Gasteiger partial charge in [-0.05, 0) is 136 Å². The quantitative estimate of drug-likeness (QED) is 0.176. The summed E-state index contributed by atoms with van der Waals surface area (Å²) >= 11 is 1.87. The Morgan fingerprint density at radius 3 is 1.08 bits per heavy atom. The van der Waals surface area contributed by atoms with Crippen molar-refractivity contribution in [3.63, 3.8) is 0 Å². The van der Waals surface area contributed by atoms with Gasteiger partial charge in [0.2, 0.25) is 0 Å². The second-order valence-electron chi connectivity index (χ2n) is 24.9. The van der Waals surface area contributed by atoms with Gasteiger partial charge in [-0.1, -0.05) is 164 Å². The molecular formula is C84H42N2O4S. The van der Waals surface area contributed by atoms with Crippen molar-refractivity contribution in [2.45, 2.75) is 0 Å². The molecule has 6 nitrogen and oxygen atoms in total. The van der Waals surface area contributed by atoms with Crippen LogP contribution in [0, 0.1) is 0 Å². The van der Waals surface area contributed by atoms with Gasteiger partial charge in [0.25, 0.3) is 0 Å². The SMILES string of the molecule is c1ccc(-c2ccc(-c3cc4c5ccc6c7ccccc7oc6c5n5c4c(c3)c3ccc4c6cc(-c7cccc8c7sc7ccc(-c9cc%10c%11ccc%12c%13ccccc%13oc%12c%11n%11c%10c(c9)c9ccc%10c%12ccccc%12oc%10c9%11)cc78)ccc6oc4c35)cc2)cc1. The van der Waals surface area contributed by atoms with E-state index in [0.29, 0.717) is 0 Å². The number of hydrogen-bond donors (Lipinski definition) is 0. The van der Waals surface area contributed by atoms with Crippen molar-refractivity contribution < 1.29 is 17.7 Å². The topological polar surface area (TPSA) is 61.4 Å². The van der Waals surface area contributed by atoms with Gasteiger partial charge >= 0.3 is 0 Å². The van der Waals surface area contributed by atoms with Crippen LogP contribution < -0.4 is 0 Å². The summed E-state index contributed by atoms with van der Waals surface area (Å²) < 4.78 is 35.2. The normalized spacial score (nSPS) is 12.8. The maximum absolute atomic E-state index is 7.19. The van der Waals surface area contributed by atoms with Crippen LogP contribution in [0.2, 0.25) is 0 Å². The van der Waals surface area contributed by atoms with Crippen LogP contribution in [0.15, 0.2) is 272 Å². The Morgan fingerprint density at radius 2 is 0.571 bits per heavy atom. The molecule has 0 aliphatic rings. The van der Waals surface area contributed by atoms with E-state index in [9.17, 15) is 0 Å². The number of benzene rings is 14. The highest BCUT2D eigenvalue weighted by Crippen LogP contribution is 2.52. The van der Waals surface area contributed by atoms with Gasteiger partial charge in [0.1, 0.15) is 22.3 Å². The first-order valence-corrected chi connectivity index (χ1v) is 31.8. The summed E-state index contributed by atoms with van der Waals surface area (Å²) in [5.74, 6) is 0. The van der Waals surface area contributed by atoms with Crippen LogP contribution >= 0.6 is 11.3 Å². The number of nitrogens with zero attached hydrogens (tertiary/aromatic N) is 2. The first-order chi connectivity index (χ1) is 45.1. The molecule has 0 fully saturated rings. The number of thiophene rings is 1. The van der Waals surface area contributed by atoms with Crippen molar-refractivity contribution in [1.82, 2.24) is 8.80 Å². The Hall–Kier alpha value is -11.9. The van der Waals surface area contributed by atoms with Gasteiger partial charge in [0.05, 0.1) is 33.1 Å². The molecule has 91 heavy (non-hydrogen) atoms. The van der Waals surface area contributed by atoms with E-state index in [-0.39, 0.29) is 0 Å². The number of rotatable bonds is 4. The number of para-hydroxylation sites is 3. The fraction of sp³-hybridized carbons (Fsp3) is 0. The smallest absolute Gasteiger partial charge is 0.160 e. The summed E-state index contributed by atoms with van der Waals surface area (Å²) in [6, 6.07) is 93.1. The van der Waals surface area contributed by atoms with Gasteiger partial charge in [-0.2, -0.15) is 0 Å². The van der Waals surface area contributed by atoms with Crippen molar-refractivity contribution in [3.05, 3.63) is 255 Å². The fourth-order valence-corrected chi connectivity index (χ4v) is 17.6. The summed E-state index contributed by atoms with van der Waals surface area (Å²) in [4.78, 5) is 0. The van der Waals surface area contributed by atoms with Gasteiger partial charge in [-0.25, -0.2) is 0 Å². The Kier molecular flexibility index (Phi) is 8.62. The zero-order valence-electron chi connectivity index (χ0n) is 48.2. The average molecular weight is 1180 g/mol. The standard InChI is InChI=1S/C84H42N2O4S/c1-2-11-43(12-3-1)44-21-23-45(24-22-44)48-39-65-54-27-31-58-51-13-4-7-18-69(51)87-80(58)76(54)86-74(65)66(40-48)57-30-34-61-63-38-47(25-35-72(63)90-83(61)79(57)86)50-16-10-17-62-64-37-46(26-36-73(64)91-84(50)62)49-41-67-55-28-32-59-52-14-5-8-19-70(52)88-81(59)77(55)85-75(67)68(42-49)56-29-33-60-53-15-6-9-20-71(53)89-82(60)78(56)85/h1-42H. The van der Waals surface area contributed by atoms with E-state index >= 15 is 0 Å². The van der Waals surface area contributed by atoms with Gasteiger partial charge in [0.15, 0.2) is 22.3 Å². The molecule has 0 unspecified atom stereocenters. The molecule has 0 amide bonds. The Labute approximate surface area is 518 Å². The van der Waals surface area contributed by atoms with E-state index in [2.05, 4.69) is 264 Å². The molecule has 7 heteroatoms. The number of fused-ring (bicyclic) bond motifs is 31. The minimum Gasteiger partial charge on any atom is -0.454 e. The highest BCUT2D eigenvalue weighted by atomic mass is 32.1. The predicted octanol–water partition coefficient (Wildman–Crippen LogP) is 24.6. The minimum atomic E-state index is 0.854. The zero-order valence-corrected chi connectivity index (χ0v) is 49.0. The Morgan fingerprint density at radius 1 is 0.209 bits per heavy atom. The number of furan rings is 4. The van der Waals surface area contributed by atoms with Crippen molar-refractivity contribution in [2.75, 3.05) is 0 Å². The lowest BCUT2D eigenvalue weighted by Crippen LogP contribution is -1.82. The summed E-state index contributed by atoms with van der Waals surface area (Å²) in [7, 11) is 0. The third kappa shape index (κ3) is 5.98. The molecule has 0 aliphatic heterocycles. The third-order valence-corrected chi connectivity index (χ3v) is 21.6. The van der Waals surface area contributed by atoms with Gasteiger partial charge in [-0.15, -0.1) is 11.3 Å². The molecule has 0 atom stereocenters. The second kappa shape index (κ2) is 16.6. The molecule has 14 aromatic carbocycles. The van der Waals surface area contributed by atoms with Crippen LogP contribution in [0.3, 0.4) is 0 Å². The van der Waals surface area contributed by atoms with Gasteiger partial charge < -0.3 is 26.5 Å². The van der Waals surface area contributed by atoms with E-state index in [0.717, 1.165) is 142 Å². The summed E-state index contributed by atoms with van der Waals surface area (Å²) in [5, 5.41) is 20.7. The lowest BCUT2D eigenvalue weighted by molar-refractivity contribution is 0.669. The number of hydrogen-bond acceptors (Lipinski definition) is 5. The molecule has 9 aromatic heterocycles. The maximum atomic E-state index is 7.19. The summed E-state index contributed by atoms with van der Waals surface area (Å²) in [6.45, 7) is 0. The van der Waals surface area contributed by atoms with Crippen LogP contribution in [0.5, 0.6) is 0 Å². The monoisotopic (exact) mass is 1170 g/mol. The molecule has 0 saturated heterocycles. The van der Waals surface area contributed by atoms with Crippen molar-refractivity contribution in [2.24, 2.45) is 0 Å². The summed E-state index contributed by atoms with van der Waals surface area (Å²) in [6.07, 6.45) is 0. The van der Waals surface area contributed by atoms with Crippen LogP contribution in [0.25, 0.3) is 229 Å². The molecule has 0 saturated carbocycles. The average Bonchev–Trinajstić information content (AvgIpc) is 1.53. The van der Waals surface area contributed by atoms with Crippen molar-refractivity contribution >= 4 is 195 Å². The lowest BCUT2D eigenvalue weighted by Gasteiger charge is -2.07. The molecule has 9 heterocycles. The molecule has 0 N–H and O–H groups in total. The highest BCUT2D eigenvalue weighted by molar-refractivity contribution is 7.26. The fourth-order valence-electron chi connectivity index (χ4n) is 16.3. The van der Waals surface area contributed by atoms with Crippen molar-refractivity contribution in [3.8, 4) is 44.5 Å². The van der Waals surface area contributed by atoms with Gasteiger partial charge in [-0.3, -0.25) is 0 Å². The summed E-state index contributed by atoms with van der Waals surface area (Å²) in [5.41, 5.74) is 23.0. The van der Waals surface area contributed by atoms with Crippen LogP contribution in [-0.4, -0.2) is 8.80 Å². The molecular weight excluding hydrogens is 1130 g/mol. The predicted molar refractivity (Wildman–Crippen MR) is 380 cm³/mol. The highest BCUT2D eigenvalue weighted by Gasteiger charge is 2.29. The second-order valence-corrected chi connectivity index (χ2v) is 26.0. The molecule has 0 radical (unpaired) electrons. The first-order valence-electron chi connectivity index (χ1n) is 31.0. The van der Waals surface area contributed by atoms with E-state index in [4.69, 9.17) is 17.7 Å². The van der Waals surface area contributed by atoms with Crippen LogP contribution in [0.4, 0.5) is 0 Å². The maximum Gasteiger partial charge on any atom is 0.160 e. The molecule has 0 spiro atoms. The molecule has 23 aromatic rings. The molecule has 23 rings (SSSR count).